The van der Waals surface area contributed by atoms with Crippen LogP contribution in [0.1, 0.15) is 5.82 Å². The lowest BCUT2D eigenvalue weighted by atomic mass is 10.3. The number of sulfonamides is 1. The van der Waals surface area contributed by atoms with Crippen LogP contribution < -0.4 is 9.46 Å². The predicted octanol–water partition coefficient (Wildman–Crippen LogP) is 2.29. The highest BCUT2D eigenvalue weighted by atomic mass is 79.9. The number of hydrogen-bond acceptors (Lipinski definition) is 4. The van der Waals surface area contributed by atoms with Gasteiger partial charge in [-0.15, -0.1) is 0 Å². The van der Waals surface area contributed by atoms with Crippen LogP contribution in [0, 0.1) is 6.92 Å². The third-order valence-corrected chi connectivity index (χ3v) is 4.08. The molecule has 0 saturated carbocycles. The number of H-pyrrole nitrogens is 1. The van der Waals surface area contributed by atoms with Gasteiger partial charge in [0.1, 0.15) is 11.6 Å². The van der Waals surface area contributed by atoms with Crippen molar-refractivity contribution in [3.63, 3.8) is 0 Å². The summed E-state index contributed by atoms with van der Waals surface area (Å²) in [5.74, 6) is 1.08. The van der Waals surface area contributed by atoms with Crippen LogP contribution in [0.4, 0.5) is 5.69 Å². The van der Waals surface area contributed by atoms with Crippen molar-refractivity contribution in [3.05, 3.63) is 34.7 Å². The Kier molecular flexibility index (Phi) is 3.81. The number of aromatic nitrogens is 2. The van der Waals surface area contributed by atoms with Crippen molar-refractivity contribution >= 4 is 31.6 Å². The van der Waals surface area contributed by atoms with Crippen molar-refractivity contribution < 1.29 is 13.2 Å². The summed E-state index contributed by atoms with van der Waals surface area (Å²) < 4.78 is 32.4. The van der Waals surface area contributed by atoms with Crippen molar-refractivity contribution in [2.75, 3.05) is 11.8 Å². The lowest BCUT2D eigenvalue weighted by molar-refractivity contribution is 0.415. The standard InChI is InChI=1S/C11H12BrN3O3S/c1-7-13-6-11(14-7)19(16,17)15-9-3-8(12)4-10(5-9)18-2/h3-6,15H,1-2H3,(H,13,14). The summed E-state index contributed by atoms with van der Waals surface area (Å²) in [6.45, 7) is 1.68. The third kappa shape index (κ3) is 3.27. The minimum Gasteiger partial charge on any atom is -0.497 e. The normalized spacial score (nSPS) is 11.3. The Hall–Kier alpha value is -1.54. The molecule has 2 aromatic rings. The van der Waals surface area contributed by atoms with Gasteiger partial charge in [0.15, 0.2) is 5.03 Å². The monoisotopic (exact) mass is 345 g/mol. The van der Waals surface area contributed by atoms with E-state index in [0.717, 1.165) is 0 Å². The number of imidazole rings is 1. The zero-order valence-electron chi connectivity index (χ0n) is 10.3. The zero-order valence-corrected chi connectivity index (χ0v) is 12.7. The molecule has 8 heteroatoms. The minimum atomic E-state index is -3.68. The first kappa shape index (κ1) is 13.9. The fourth-order valence-corrected chi connectivity index (χ4v) is 2.97. The summed E-state index contributed by atoms with van der Waals surface area (Å²) in [7, 11) is -2.17. The Morgan fingerprint density at radius 1 is 1.37 bits per heavy atom. The highest BCUT2D eigenvalue weighted by Crippen LogP contribution is 2.26. The first-order valence-electron chi connectivity index (χ1n) is 5.30. The Morgan fingerprint density at radius 2 is 2.11 bits per heavy atom. The molecule has 0 aliphatic heterocycles. The number of halogens is 1. The molecule has 0 amide bonds. The molecule has 1 aromatic carbocycles. The van der Waals surface area contributed by atoms with Gasteiger partial charge in [-0.1, -0.05) is 15.9 Å². The fourth-order valence-electron chi connectivity index (χ4n) is 1.48. The molecule has 2 rings (SSSR count). The van der Waals surface area contributed by atoms with Crippen LogP contribution in [0.5, 0.6) is 5.75 Å². The molecule has 102 valence electrons. The highest BCUT2D eigenvalue weighted by Gasteiger charge is 2.17. The SMILES string of the molecule is COc1cc(Br)cc(NS(=O)(=O)c2cnc(C)[nH]2)c1. The number of nitrogens with zero attached hydrogens (tertiary/aromatic N) is 1. The first-order valence-corrected chi connectivity index (χ1v) is 7.57. The Balaban J connectivity index is 2.32. The summed E-state index contributed by atoms with van der Waals surface area (Å²) in [6.07, 6.45) is 1.27. The molecule has 0 unspecified atom stereocenters. The largest absolute Gasteiger partial charge is 0.497 e. The number of nitrogens with one attached hydrogen (secondary N) is 2. The molecule has 19 heavy (non-hydrogen) atoms. The molecule has 2 N–H and O–H groups in total. The molecule has 1 heterocycles. The maximum atomic E-state index is 12.1. The van der Waals surface area contributed by atoms with E-state index in [0.29, 0.717) is 21.7 Å². The molecule has 0 fully saturated rings. The summed E-state index contributed by atoms with van der Waals surface area (Å²) in [6, 6.07) is 4.97. The lowest BCUT2D eigenvalue weighted by Crippen LogP contribution is -2.13. The molecular weight excluding hydrogens is 334 g/mol. The number of rotatable bonds is 4. The van der Waals surface area contributed by atoms with Gasteiger partial charge in [0.2, 0.25) is 0 Å². The Bertz CT molecular complexity index is 697. The van der Waals surface area contributed by atoms with Gasteiger partial charge in [0.05, 0.1) is 19.0 Å². The average molecular weight is 346 g/mol. The van der Waals surface area contributed by atoms with Crippen LogP contribution in [0.3, 0.4) is 0 Å². The van der Waals surface area contributed by atoms with E-state index in [1.807, 2.05) is 0 Å². The molecule has 0 bridgehead atoms. The van der Waals surface area contributed by atoms with Crippen molar-refractivity contribution in [2.45, 2.75) is 11.9 Å². The minimum absolute atomic E-state index is 0.0175. The van der Waals surface area contributed by atoms with E-state index >= 15 is 0 Å². The summed E-state index contributed by atoms with van der Waals surface area (Å²) in [5, 5.41) is 0.0175. The maximum absolute atomic E-state index is 12.1. The number of aryl methyl sites for hydroxylation is 1. The molecule has 0 atom stereocenters. The second kappa shape index (κ2) is 5.22. The van der Waals surface area contributed by atoms with Gasteiger partial charge < -0.3 is 9.72 Å². The van der Waals surface area contributed by atoms with E-state index in [1.54, 1.807) is 25.1 Å². The second-order valence-electron chi connectivity index (χ2n) is 3.82. The van der Waals surface area contributed by atoms with Crippen molar-refractivity contribution in [3.8, 4) is 5.75 Å². The third-order valence-electron chi connectivity index (χ3n) is 2.33. The lowest BCUT2D eigenvalue weighted by Gasteiger charge is -2.08. The van der Waals surface area contributed by atoms with Gasteiger partial charge in [-0.05, 0) is 19.1 Å². The molecular formula is C11H12BrN3O3S. The number of benzene rings is 1. The van der Waals surface area contributed by atoms with Gasteiger partial charge >= 0.3 is 0 Å². The van der Waals surface area contributed by atoms with Crippen LogP contribution in [0.25, 0.3) is 0 Å². The first-order chi connectivity index (χ1) is 8.90. The van der Waals surface area contributed by atoms with E-state index in [2.05, 4.69) is 30.6 Å². The summed E-state index contributed by atoms with van der Waals surface area (Å²) >= 11 is 3.29. The van der Waals surface area contributed by atoms with E-state index in [1.165, 1.54) is 13.3 Å². The topological polar surface area (TPSA) is 84.1 Å². The Morgan fingerprint density at radius 3 is 2.68 bits per heavy atom. The number of aromatic amines is 1. The van der Waals surface area contributed by atoms with Crippen LogP contribution >= 0.6 is 15.9 Å². The van der Waals surface area contributed by atoms with Crippen molar-refractivity contribution in [1.29, 1.82) is 0 Å². The second-order valence-corrected chi connectivity index (χ2v) is 6.38. The van der Waals surface area contributed by atoms with E-state index in [-0.39, 0.29) is 5.03 Å². The molecule has 6 nitrogen and oxygen atoms in total. The van der Waals surface area contributed by atoms with E-state index in [9.17, 15) is 8.42 Å². The summed E-state index contributed by atoms with van der Waals surface area (Å²) in [5.41, 5.74) is 0.401. The van der Waals surface area contributed by atoms with Crippen molar-refractivity contribution in [2.24, 2.45) is 0 Å². The average Bonchev–Trinajstić information content (AvgIpc) is 2.75. The van der Waals surface area contributed by atoms with E-state index < -0.39 is 10.0 Å². The van der Waals surface area contributed by atoms with Crippen LogP contribution in [0.2, 0.25) is 0 Å². The molecule has 0 aliphatic rings. The molecule has 1 aromatic heterocycles. The predicted molar refractivity (Wildman–Crippen MR) is 74.8 cm³/mol. The number of hydrogen-bond donors (Lipinski definition) is 2. The van der Waals surface area contributed by atoms with Gasteiger partial charge in [-0.25, -0.2) is 4.98 Å². The smallest absolute Gasteiger partial charge is 0.278 e. The van der Waals surface area contributed by atoms with Gasteiger partial charge in [0.25, 0.3) is 10.0 Å². The molecule has 0 saturated heterocycles. The number of ether oxygens (including phenoxy) is 1. The molecule has 0 spiro atoms. The van der Waals surface area contributed by atoms with E-state index in [4.69, 9.17) is 4.74 Å². The quantitative estimate of drug-likeness (QED) is 0.890. The van der Waals surface area contributed by atoms with Crippen LogP contribution in [0.15, 0.2) is 33.9 Å². The maximum Gasteiger partial charge on any atom is 0.278 e. The van der Waals surface area contributed by atoms with Crippen LogP contribution in [-0.2, 0) is 10.0 Å². The number of methoxy groups -OCH3 is 1. The fraction of sp³-hybridized carbons (Fsp3) is 0.182. The van der Waals surface area contributed by atoms with Gasteiger partial charge in [-0.2, -0.15) is 8.42 Å². The van der Waals surface area contributed by atoms with Gasteiger partial charge in [0, 0.05) is 10.5 Å². The highest BCUT2D eigenvalue weighted by molar-refractivity contribution is 9.10. The van der Waals surface area contributed by atoms with Gasteiger partial charge in [-0.3, -0.25) is 4.72 Å². The molecule has 0 radical (unpaired) electrons. The number of anilines is 1. The molecule has 0 aliphatic carbocycles. The van der Waals surface area contributed by atoms with Crippen molar-refractivity contribution in [1.82, 2.24) is 9.97 Å². The van der Waals surface area contributed by atoms with Crippen LogP contribution in [-0.4, -0.2) is 25.5 Å². The zero-order chi connectivity index (χ0) is 14.0. The summed E-state index contributed by atoms with van der Waals surface area (Å²) in [4.78, 5) is 6.54. The Labute approximate surface area is 119 Å².